The first-order chi connectivity index (χ1) is 14.3. The minimum Gasteiger partial charge on any atom is -0.451 e. The molecule has 0 fully saturated rings. The summed E-state index contributed by atoms with van der Waals surface area (Å²) in [5, 5.41) is 3.43. The molecule has 0 aliphatic heterocycles. The molecule has 0 saturated heterocycles. The Morgan fingerprint density at radius 1 is 0.967 bits per heavy atom. The Balaban J connectivity index is 1.67. The van der Waals surface area contributed by atoms with Gasteiger partial charge >= 0.3 is 5.97 Å². The molecule has 30 heavy (non-hydrogen) atoms. The van der Waals surface area contributed by atoms with Gasteiger partial charge in [0, 0.05) is 33.0 Å². The molecule has 152 valence electrons. The fourth-order valence-corrected chi connectivity index (χ4v) is 5.72. The highest BCUT2D eigenvalue weighted by atomic mass is 32.2. The van der Waals surface area contributed by atoms with E-state index in [9.17, 15) is 13.6 Å². The van der Waals surface area contributed by atoms with E-state index in [2.05, 4.69) is 24.4 Å². The van der Waals surface area contributed by atoms with Crippen LogP contribution in [0.2, 0.25) is 0 Å². The molecular weight excluding hydrogens is 402 g/mol. The van der Waals surface area contributed by atoms with Crippen LogP contribution in [0.3, 0.4) is 0 Å². The van der Waals surface area contributed by atoms with Crippen molar-refractivity contribution in [1.82, 2.24) is 0 Å². The van der Waals surface area contributed by atoms with Crippen LogP contribution in [0, 0.1) is 18.6 Å². The van der Waals surface area contributed by atoms with Gasteiger partial charge in [0.2, 0.25) is 0 Å². The Kier molecular flexibility index (Phi) is 5.16. The number of carbonyl (C=O) groups is 1. The largest absolute Gasteiger partial charge is 0.451 e. The van der Waals surface area contributed by atoms with Gasteiger partial charge in [0.1, 0.15) is 22.6 Å². The molecule has 0 bridgehead atoms. The van der Waals surface area contributed by atoms with Crippen LogP contribution in [-0.4, -0.2) is 5.97 Å². The molecule has 1 aromatic heterocycles. The Morgan fingerprint density at radius 3 is 2.53 bits per heavy atom. The lowest BCUT2D eigenvalue weighted by molar-refractivity contribution is -0.00465. The van der Waals surface area contributed by atoms with E-state index in [-0.39, 0.29) is 16.0 Å². The quantitative estimate of drug-likeness (QED) is 0.255. The molecule has 0 radical (unpaired) electrons. The number of hydrogen-bond acceptors (Lipinski definition) is 2. The monoisotopic (exact) mass is 423 g/mol. The number of thiophene rings is 1. The van der Waals surface area contributed by atoms with Gasteiger partial charge in [-0.05, 0) is 63.2 Å². The van der Waals surface area contributed by atoms with Crippen molar-refractivity contribution in [2.45, 2.75) is 26.4 Å². The molecule has 5 heteroatoms. The summed E-state index contributed by atoms with van der Waals surface area (Å²) in [5.41, 5.74) is 0.264. The summed E-state index contributed by atoms with van der Waals surface area (Å²) in [6.45, 7) is 5.18. The summed E-state index contributed by atoms with van der Waals surface area (Å²) in [4.78, 5) is 13.9. The maximum absolute atomic E-state index is 14.2. The molecule has 2 nitrogen and oxygen atoms in total. The van der Waals surface area contributed by atoms with Gasteiger partial charge in [-0.25, -0.2) is 13.6 Å². The SMILES string of the molecule is Cc1c[s+](-c2cccc(C(=O)OC(C)(C)c3cc(F)ccc3F)c2)c2ccccc12. The van der Waals surface area contributed by atoms with Gasteiger partial charge in [-0.2, -0.15) is 0 Å². The van der Waals surface area contributed by atoms with Gasteiger partial charge in [0.25, 0.3) is 0 Å². The fraction of sp³-hybridized carbons (Fsp3) is 0.160. The summed E-state index contributed by atoms with van der Waals surface area (Å²) >= 11 is 0. The number of fused-ring (bicyclic) bond motifs is 1. The van der Waals surface area contributed by atoms with E-state index in [0.29, 0.717) is 5.56 Å². The van der Waals surface area contributed by atoms with Gasteiger partial charge < -0.3 is 4.74 Å². The number of hydrogen-bond donors (Lipinski definition) is 0. The van der Waals surface area contributed by atoms with E-state index in [0.717, 1.165) is 23.1 Å². The maximum atomic E-state index is 14.2. The molecule has 0 aliphatic rings. The lowest BCUT2D eigenvalue weighted by atomic mass is 9.97. The second-order valence-electron chi connectivity index (χ2n) is 7.69. The van der Waals surface area contributed by atoms with E-state index < -0.39 is 23.2 Å². The fourth-order valence-electron chi connectivity index (χ4n) is 3.55. The topological polar surface area (TPSA) is 26.3 Å². The summed E-state index contributed by atoms with van der Waals surface area (Å²) in [5.74, 6) is -1.78. The number of esters is 1. The molecule has 1 unspecified atom stereocenters. The van der Waals surface area contributed by atoms with Crippen molar-refractivity contribution < 1.29 is 18.3 Å². The molecule has 0 aliphatic carbocycles. The number of benzene rings is 3. The van der Waals surface area contributed by atoms with Crippen LogP contribution in [0.5, 0.6) is 0 Å². The molecule has 0 spiro atoms. The highest BCUT2D eigenvalue weighted by Gasteiger charge is 2.30. The Labute approximate surface area is 176 Å². The van der Waals surface area contributed by atoms with Crippen LogP contribution in [0.15, 0.2) is 72.1 Å². The van der Waals surface area contributed by atoms with Crippen molar-refractivity contribution in [3.8, 4) is 4.90 Å². The Bertz CT molecular complexity index is 1260. The summed E-state index contributed by atoms with van der Waals surface area (Å²) < 4.78 is 34.6. The molecule has 1 heterocycles. The molecule has 4 aromatic rings. The second kappa shape index (κ2) is 7.65. The van der Waals surface area contributed by atoms with Crippen LogP contribution < -0.4 is 0 Å². The minimum absolute atomic E-state index is 0.00263. The molecule has 0 N–H and O–H groups in total. The molecule has 1 atom stereocenters. The minimum atomic E-state index is -1.32. The van der Waals surface area contributed by atoms with E-state index in [4.69, 9.17) is 4.74 Å². The van der Waals surface area contributed by atoms with Crippen molar-refractivity contribution in [2.24, 2.45) is 0 Å². The van der Waals surface area contributed by atoms with Crippen LogP contribution in [0.25, 0.3) is 15.0 Å². The number of rotatable bonds is 4. The zero-order valence-corrected chi connectivity index (χ0v) is 17.7. The number of ether oxygens (including phenoxy) is 1. The second-order valence-corrected chi connectivity index (χ2v) is 9.51. The number of aryl methyl sites for hydroxylation is 1. The lowest BCUT2D eigenvalue weighted by Gasteiger charge is -2.26. The van der Waals surface area contributed by atoms with Crippen LogP contribution in [0.1, 0.15) is 35.3 Å². The smallest absolute Gasteiger partial charge is 0.339 e. The lowest BCUT2D eigenvalue weighted by Crippen LogP contribution is -2.27. The molecule has 0 saturated carbocycles. The summed E-state index contributed by atoms with van der Waals surface area (Å²) in [6, 6.07) is 18.7. The summed E-state index contributed by atoms with van der Waals surface area (Å²) in [6.07, 6.45) is 0. The van der Waals surface area contributed by atoms with E-state index in [1.54, 1.807) is 19.9 Å². The van der Waals surface area contributed by atoms with Crippen LogP contribution >= 0.6 is 10.5 Å². The third-order valence-corrected chi connectivity index (χ3v) is 7.27. The predicted molar refractivity (Wildman–Crippen MR) is 117 cm³/mol. The van der Waals surface area contributed by atoms with E-state index >= 15 is 0 Å². The first-order valence-electron chi connectivity index (χ1n) is 9.56. The average Bonchev–Trinajstić information content (AvgIpc) is 3.06. The highest BCUT2D eigenvalue weighted by molar-refractivity contribution is 7.43. The average molecular weight is 424 g/mol. The highest BCUT2D eigenvalue weighted by Crippen LogP contribution is 2.42. The summed E-state index contributed by atoms with van der Waals surface area (Å²) in [7, 11) is -0.268. The molecular formula is C25H21F2O2S+. The van der Waals surface area contributed by atoms with Crippen molar-refractivity contribution in [1.29, 1.82) is 0 Å². The third kappa shape index (κ3) is 3.73. The van der Waals surface area contributed by atoms with Gasteiger partial charge in [-0.15, -0.1) is 0 Å². The zero-order chi connectivity index (χ0) is 21.5. The number of carbonyl (C=O) groups excluding carboxylic acids is 1. The molecule has 0 amide bonds. The molecule has 4 rings (SSSR count). The normalized spacial score (nSPS) is 12.2. The first kappa shape index (κ1) is 20.2. The maximum Gasteiger partial charge on any atom is 0.339 e. The standard InChI is InChI=1S/C25H21F2O2S/c1-16-15-30(23-10-5-4-9-20(16)23)19-8-6-7-17(13-19)24(28)29-25(2,3)21-14-18(26)11-12-22(21)27/h4-15H,1-3H3/q+1. The van der Waals surface area contributed by atoms with Crippen LogP contribution in [0.4, 0.5) is 8.78 Å². The zero-order valence-electron chi connectivity index (χ0n) is 16.9. The van der Waals surface area contributed by atoms with Crippen molar-refractivity contribution in [3.63, 3.8) is 0 Å². The van der Waals surface area contributed by atoms with Gasteiger partial charge in [0.05, 0.1) is 5.56 Å². The van der Waals surface area contributed by atoms with Crippen molar-refractivity contribution in [2.75, 3.05) is 0 Å². The van der Waals surface area contributed by atoms with Gasteiger partial charge in [0.15, 0.2) is 9.60 Å². The van der Waals surface area contributed by atoms with Gasteiger partial charge in [-0.3, -0.25) is 0 Å². The van der Waals surface area contributed by atoms with E-state index in [1.165, 1.54) is 15.6 Å². The Morgan fingerprint density at radius 2 is 1.73 bits per heavy atom. The van der Waals surface area contributed by atoms with Crippen LogP contribution in [-0.2, 0) is 10.3 Å². The number of halogens is 2. The van der Waals surface area contributed by atoms with Crippen molar-refractivity contribution in [3.05, 3.63) is 100 Å². The van der Waals surface area contributed by atoms with E-state index in [1.807, 2.05) is 30.3 Å². The third-order valence-electron chi connectivity index (χ3n) is 5.09. The Hall–Kier alpha value is -3.05. The predicted octanol–water partition coefficient (Wildman–Crippen LogP) is 7.26. The first-order valence-corrected chi connectivity index (χ1v) is 10.8. The van der Waals surface area contributed by atoms with Gasteiger partial charge in [-0.1, -0.05) is 18.2 Å². The molecule has 3 aromatic carbocycles. The van der Waals surface area contributed by atoms with Crippen molar-refractivity contribution >= 4 is 26.5 Å².